The molecule has 0 bridgehead atoms. The van der Waals surface area contributed by atoms with Gasteiger partial charge in [0.15, 0.2) is 4.80 Å². The fourth-order valence-corrected chi connectivity index (χ4v) is 5.51. The van der Waals surface area contributed by atoms with Gasteiger partial charge in [-0.15, -0.1) is 0 Å². The molecule has 3 aromatic carbocycles. The average molecular weight is 557 g/mol. The van der Waals surface area contributed by atoms with Gasteiger partial charge in [0.05, 0.1) is 33.4 Å². The van der Waals surface area contributed by atoms with Gasteiger partial charge in [0.25, 0.3) is 17.2 Å². The molecule has 0 unspecified atom stereocenters. The third-order valence-corrected chi connectivity index (χ3v) is 7.30. The molecular weight excluding hydrogens is 532 g/mol. The summed E-state index contributed by atoms with van der Waals surface area (Å²) in [4.78, 5) is 43.1. The molecule has 1 aliphatic rings. The molecule has 1 aliphatic heterocycles. The van der Waals surface area contributed by atoms with Crippen LogP contribution >= 0.6 is 11.3 Å². The van der Waals surface area contributed by atoms with Crippen LogP contribution in [0.5, 0.6) is 11.5 Å². The zero-order valence-corrected chi connectivity index (χ0v) is 22.3. The van der Waals surface area contributed by atoms with Crippen molar-refractivity contribution in [1.29, 1.82) is 0 Å². The molecule has 1 aromatic heterocycles. The van der Waals surface area contributed by atoms with E-state index in [4.69, 9.17) is 4.74 Å². The molecule has 10 nitrogen and oxygen atoms in total. The van der Waals surface area contributed by atoms with Crippen LogP contribution < -0.4 is 24.9 Å². The van der Waals surface area contributed by atoms with E-state index in [0.29, 0.717) is 39.7 Å². The zero-order valence-electron chi connectivity index (χ0n) is 21.5. The molecule has 40 heavy (non-hydrogen) atoms. The summed E-state index contributed by atoms with van der Waals surface area (Å²) in [5.74, 6) is 0.0337. The minimum absolute atomic E-state index is 0.120. The van der Waals surface area contributed by atoms with E-state index in [1.165, 1.54) is 28.8 Å². The van der Waals surface area contributed by atoms with Gasteiger partial charge in [-0.1, -0.05) is 41.7 Å². The van der Waals surface area contributed by atoms with Crippen molar-refractivity contribution in [3.05, 3.63) is 125 Å². The SMILES string of the molecule is CCOc1ccc([C@H]2C(C(=O)Nc3ccccc3)=C(C)N=c3s/c(=C\c4cc([N+](=O)[O-])ccc4O)c(=O)n32)cc1. The lowest BCUT2D eigenvalue weighted by Gasteiger charge is -2.25. The fraction of sp³-hybridized carbons (Fsp3) is 0.138. The normalized spacial score (nSPS) is 14.8. The number of aromatic hydroxyl groups is 1. The van der Waals surface area contributed by atoms with Crippen LogP contribution in [0.2, 0.25) is 0 Å². The van der Waals surface area contributed by atoms with E-state index in [1.807, 2.05) is 13.0 Å². The van der Waals surface area contributed by atoms with Crippen LogP contribution in [-0.2, 0) is 4.79 Å². The van der Waals surface area contributed by atoms with Crippen molar-refractivity contribution in [2.24, 2.45) is 4.99 Å². The van der Waals surface area contributed by atoms with Crippen molar-refractivity contribution in [3.8, 4) is 11.5 Å². The Labute approximate surface area is 232 Å². The topological polar surface area (TPSA) is 136 Å². The van der Waals surface area contributed by atoms with Gasteiger partial charge in [-0.25, -0.2) is 4.99 Å². The average Bonchev–Trinajstić information content (AvgIpc) is 3.24. The molecule has 1 atom stereocenters. The predicted octanol–water partition coefficient (Wildman–Crippen LogP) is 3.89. The number of nitrogens with one attached hydrogen (secondary N) is 1. The van der Waals surface area contributed by atoms with E-state index in [1.54, 1.807) is 55.5 Å². The van der Waals surface area contributed by atoms with Crippen LogP contribution in [0, 0.1) is 10.1 Å². The van der Waals surface area contributed by atoms with Crippen molar-refractivity contribution in [1.82, 2.24) is 4.57 Å². The number of fused-ring (bicyclic) bond motifs is 1. The number of benzene rings is 3. The van der Waals surface area contributed by atoms with Gasteiger partial charge in [0, 0.05) is 23.4 Å². The third kappa shape index (κ3) is 5.14. The van der Waals surface area contributed by atoms with Crippen molar-refractivity contribution in [2.75, 3.05) is 11.9 Å². The highest BCUT2D eigenvalue weighted by Gasteiger charge is 2.32. The Kier molecular flexibility index (Phi) is 7.30. The second-order valence-corrected chi connectivity index (χ2v) is 9.91. The highest BCUT2D eigenvalue weighted by Crippen LogP contribution is 2.32. The van der Waals surface area contributed by atoms with E-state index in [-0.39, 0.29) is 21.5 Å². The van der Waals surface area contributed by atoms with Crippen LogP contribution in [0.1, 0.15) is 31.0 Å². The number of ether oxygens (including phenoxy) is 1. The molecule has 1 amide bonds. The first-order valence-corrected chi connectivity index (χ1v) is 13.2. The summed E-state index contributed by atoms with van der Waals surface area (Å²) in [5, 5.41) is 24.5. The lowest BCUT2D eigenvalue weighted by molar-refractivity contribution is -0.384. The number of hydrogen-bond acceptors (Lipinski definition) is 8. The monoisotopic (exact) mass is 556 g/mol. The smallest absolute Gasteiger partial charge is 0.271 e. The fourth-order valence-electron chi connectivity index (χ4n) is 4.47. The van der Waals surface area contributed by atoms with Crippen molar-refractivity contribution >= 4 is 34.7 Å². The summed E-state index contributed by atoms with van der Waals surface area (Å²) in [6, 6.07) is 18.9. The van der Waals surface area contributed by atoms with E-state index in [2.05, 4.69) is 10.3 Å². The quantitative estimate of drug-likeness (QED) is 0.262. The Morgan fingerprint density at radius 2 is 1.90 bits per heavy atom. The molecular formula is C29H24N4O6S. The van der Waals surface area contributed by atoms with Gasteiger partial charge in [-0.2, -0.15) is 0 Å². The molecule has 0 radical (unpaired) electrons. The summed E-state index contributed by atoms with van der Waals surface area (Å²) in [5.41, 5.74) is 1.45. The van der Waals surface area contributed by atoms with E-state index in [0.717, 1.165) is 11.3 Å². The number of carbonyl (C=O) groups is 1. The largest absolute Gasteiger partial charge is 0.507 e. The zero-order chi connectivity index (χ0) is 28.4. The minimum atomic E-state index is -0.809. The number of phenols is 1. The molecule has 202 valence electrons. The van der Waals surface area contributed by atoms with E-state index >= 15 is 0 Å². The first-order chi connectivity index (χ1) is 19.3. The Bertz CT molecular complexity index is 1820. The van der Waals surface area contributed by atoms with Gasteiger partial charge in [0.1, 0.15) is 11.5 Å². The number of phenolic OH excluding ortho intramolecular Hbond substituents is 1. The second kappa shape index (κ2) is 11.0. The number of allylic oxidation sites excluding steroid dienone is 1. The van der Waals surface area contributed by atoms with Crippen LogP contribution in [-0.4, -0.2) is 27.1 Å². The number of hydrogen-bond donors (Lipinski definition) is 2. The maximum Gasteiger partial charge on any atom is 0.271 e. The highest BCUT2D eigenvalue weighted by molar-refractivity contribution is 7.07. The number of non-ortho nitro benzene ring substituents is 1. The van der Waals surface area contributed by atoms with Gasteiger partial charge in [-0.05, 0) is 55.8 Å². The van der Waals surface area contributed by atoms with Crippen molar-refractivity contribution in [2.45, 2.75) is 19.9 Å². The second-order valence-electron chi connectivity index (χ2n) is 8.90. The maximum absolute atomic E-state index is 13.8. The van der Waals surface area contributed by atoms with Gasteiger partial charge in [0.2, 0.25) is 0 Å². The Balaban J connectivity index is 1.67. The summed E-state index contributed by atoms with van der Waals surface area (Å²) < 4.78 is 7.21. The number of rotatable bonds is 7. The maximum atomic E-state index is 13.8. The number of carbonyl (C=O) groups excluding carboxylic acids is 1. The lowest BCUT2D eigenvalue weighted by atomic mass is 9.95. The summed E-state index contributed by atoms with van der Waals surface area (Å²) >= 11 is 1.07. The number of nitro groups is 1. The Morgan fingerprint density at radius 1 is 1.18 bits per heavy atom. The molecule has 2 heterocycles. The Hall–Kier alpha value is -5.03. The third-order valence-electron chi connectivity index (χ3n) is 6.31. The highest BCUT2D eigenvalue weighted by atomic mass is 32.1. The number of nitrogens with zero attached hydrogens (tertiary/aromatic N) is 3. The molecule has 0 aliphatic carbocycles. The van der Waals surface area contributed by atoms with Gasteiger partial charge < -0.3 is 15.2 Å². The number of aromatic nitrogens is 1. The number of nitro benzene ring substituents is 1. The predicted molar refractivity (Wildman–Crippen MR) is 151 cm³/mol. The molecule has 0 saturated carbocycles. The van der Waals surface area contributed by atoms with Crippen LogP contribution in [0.25, 0.3) is 6.08 Å². The molecule has 4 aromatic rings. The van der Waals surface area contributed by atoms with Crippen LogP contribution in [0.15, 0.2) is 93.9 Å². The van der Waals surface area contributed by atoms with Crippen LogP contribution in [0.3, 0.4) is 0 Å². The standard InChI is InChI=1S/C29H24N4O6S/c1-3-39-22-12-9-18(10-13-22)26-25(27(35)31-20-7-5-4-6-8-20)17(2)30-29-32(26)28(36)24(40-29)16-19-15-21(33(37)38)11-14-23(19)34/h4-16,26,34H,3H2,1-2H3,(H,31,35)/b24-16-/t26-/m0/s1. The van der Waals surface area contributed by atoms with Gasteiger partial charge in [-0.3, -0.25) is 24.3 Å². The summed E-state index contributed by atoms with van der Waals surface area (Å²) in [7, 11) is 0. The number of para-hydroxylation sites is 1. The molecule has 11 heteroatoms. The van der Waals surface area contributed by atoms with Crippen LogP contribution in [0.4, 0.5) is 11.4 Å². The van der Waals surface area contributed by atoms with E-state index < -0.39 is 22.4 Å². The van der Waals surface area contributed by atoms with Crippen molar-refractivity contribution < 1.29 is 19.6 Å². The molecule has 0 fully saturated rings. The first kappa shape index (κ1) is 26.6. The summed E-state index contributed by atoms with van der Waals surface area (Å²) in [6.45, 7) is 4.08. The molecule has 0 saturated heterocycles. The number of thiazole rings is 1. The lowest BCUT2D eigenvalue weighted by Crippen LogP contribution is -2.40. The molecule has 2 N–H and O–H groups in total. The first-order valence-electron chi connectivity index (χ1n) is 12.4. The molecule has 5 rings (SSSR count). The van der Waals surface area contributed by atoms with Gasteiger partial charge >= 0.3 is 0 Å². The number of anilines is 1. The van der Waals surface area contributed by atoms with E-state index in [9.17, 15) is 24.8 Å². The molecule has 0 spiro atoms. The number of amides is 1. The minimum Gasteiger partial charge on any atom is -0.507 e. The summed E-state index contributed by atoms with van der Waals surface area (Å²) in [6.07, 6.45) is 1.39. The van der Waals surface area contributed by atoms with Crippen molar-refractivity contribution in [3.63, 3.8) is 0 Å². The Morgan fingerprint density at radius 3 is 2.58 bits per heavy atom.